The third-order valence-corrected chi connectivity index (χ3v) is 2.35. The van der Waals surface area contributed by atoms with Crippen molar-refractivity contribution in [3.63, 3.8) is 0 Å². The van der Waals surface area contributed by atoms with Crippen LogP contribution >= 0.6 is 11.6 Å². The van der Waals surface area contributed by atoms with Gasteiger partial charge in [0.15, 0.2) is 5.15 Å². The van der Waals surface area contributed by atoms with Crippen molar-refractivity contribution in [1.29, 1.82) is 0 Å². The van der Waals surface area contributed by atoms with Crippen LogP contribution in [0.25, 0.3) is 0 Å². The van der Waals surface area contributed by atoms with E-state index in [1.165, 1.54) is 0 Å². The van der Waals surface area contributed by atoms with Crippen molar-refractivity contribution in [2.24, 2.45) is 5.16 Å². The highest BCUT2D eigenvalue weighted by Gasteiger charge is 2.30. The summed E-state index contributed by atoms with van der Waals surface area (Å²) in [6, 6.07) is 3.27. The molecular formula is C10H10ClN3O3. The van der Waals surface area contributed by atoms with Crippen LogP contribution in [0, 0.1) is 0 Å². The first-order valence-electron chi connectivity index (χ1n) is 5.09. The number of rotatable bonds is 3. The first-order valence-corrected chi connectivity index (χ1v) is 5.47. The van der Waals surface area contributed by atoms with Gasteiger partial charge in [0.05, 0.1) is 6.61 Å². The molecule has 2 heterocycles. The maximum Gasteiger partial charge on any atom is 0.350 e. The Morgan fingerprint density at radius 1 is 1.59 bits per heavy atom. The second-order valence-electron chi connectivity index (χ2n) is 3.33. The molecule has 1 atom stereocenters. The van der Waals surface area contributed by atoms with Crippen LogP contribution in [0.4, 0.5) is 0 Å². The SMILES string of the molecule is CCOC(=O)C1CC(c2ccc(Cl)nn2)=NO1. The smallest absolute Gasteiger partial charge is 0.350 e. The molecule has 1 unspecified atom stereocenters. The molecule has 1 aromatic rings. The van der Waals surface area contributed by atoms with Crippen molar-refractivity contribution < 1.29 is 14.4 Å². The molecule has 17 heavy (non-hydrogen) atoms. The topological polar surface area (TPSA) is 73.7 Å². The van der Waals surface area contributed by atoms with Gasteiger partial charge in [0.1, 0.15) is 11.4 Å². The summed E-state index contributed by atoms with van der Waals surface area (Å²) in [5.74, 6) is -0.423. The minimum Gasteiger partial charge on any atom is -0.463 e. The normalized spacial score (nSPS) is 18.5. The summed E-state index contributed by atoms with van der Waals surface area (Å²) < 4.78 is 4.83. The van der Waals surface area contributed by atoms with Gasteiger partial charge in [-0.25, -0.2) is 4.79 Å². The molecular weight excluding hydrogens is 246 g/mol. The van der Waals surface area contributed by atoms with E-state index in [9.17, 15) is 4.79 Å². The van der Waals surface area contributed by atoms with Gasteiger partial charge in [-0.2, -0.15) is 0 Å². The van der Waals surface area contributed by atoms with E-state index in [0.717, 1.165) is 0 Å². The van der Waals surface area contributed by atoms with E-state index in [1.54, 1.807) is 19.1 Å². The Labute approximate surface area is 103 Å². The van der Waals surface area contributed by atoms with Crippen LogP contribution in [0.3, 0.4) is 0 Å². The monoisotopic (exact) mass is 255 g/mol. The number of ether oxygens (including phenoxy) is 1. The van der Waals surface area contributed by atoms with Gasteiger partial charge in [-0.05, 0) is 19.1 Å². The third kappa shape index (κ3) is 2.71. The zero-order chi connectivity index (χ0) is 12.3. The molecule has 0 saturated carbocycles. The lowest BCUT2D eigenvalue weighted by atomic mass is 10.1. The molecule has 1 aliphatic rings. The first kappa shape index (κ1) is 11.8. The predicted molar refractivity (Wildman–Crippen MR) is 59.7 cm³/mol. The lowest BCUT2D eigenvalue weighted by Crippen LogP contribution is -2.23. The number of aromatic nitrogens is 2. The van der Waals surface area contributed by atoms with Crippen LogP contribution in [0.15, 0.2) is 17.3 Å². The molecule has 0 N–H and O–H groups in total. The largest absolute Gasteiger partial charge is 0.463 e. The second kappa shape index (κ2) is 5.09. The summed E-state index contributed by atoms with van der Waals surface area (Å²) in [6.07, 6.45) is -0.364. The lowest BCUT2D eigenvalue weighted by Gasteiger charge is -2.05. The molecule has 0 spiro atoms. The third-order valence-electron chi connectivity index (χ3n) is 2.15. The first-order chi connectivity index (χ1) is 8.20. The Hall–Kier alpha value is -1.69. The molecule has 1 aromatic heterocycles. The van der Waals surface area contributed by atoms with Crippen LogP contribution in [-0.2, 0) is 14.4 Å². The summed E-state index contributed by atoms with van der Waals surface area (Å²) in [6.45, 7) is 2.05. The molecule has 90 valence electrons. The quantitative estimate of drug-likeness (QED) is 0.759. The van der Waals surface area contributed by atoms with Crippen LogP contribution in [-0.4, -0.2) is 34.6 Å². The van der Waals surface area contributed by atoms with Gasteiger partial charge in [-0.15, -0.1) is 10.2 Å². The van der Waals surface area contributed by atoms with E-state index in [4.69, 9.17) is 21.2 Å². The summed E-state index contributed by atoms with van der Waals surface area (Å²) in [4.78, 5) is 16.4. The highest BCUT2D eigenvalue weighted by molar-refractivity contribution is 6.29. The van der Waals surface area contributed by atoms with Crippen molar-refractivity contribution in [2.45, 2.75) is 19.4 Å². The standard InChI is InChI=1S/C10H10ClN3O3/c1-2-16-10(15)8-5-7(14-17-8)6-3-4-9(11)13-12-6/h3-4,8H,2,5H2,1H3. The second-order valence-corrected chi connectivity index (χ2v) is 3.72. The average molecular weight is 256 g/mol. The maximum absolute atomic E-state index is 11.4. The van der Waals surface area contributed by atoms with Crippen molar-refractivity contribution in [3.05, 3.63) is 23.0 Å². The fourth-order valence-electron chi connectivity index (χ4n) is 1.36. The fraction of sp³-hybridized carbons (Fsp3) is 0.400. The summed E-state index contributed by atoms with van der Waals surface area (Å²) in [5, 5.41) is 11.6. The van der Waals surface area contributed by atoms with Crippen molar-refractivity contribution in [2.75, 3.05) is 6.61 Å². The van der Waals surface area contributed by atoms with Gasteiger partial charge in [0.2, 0.25) is 6.10 Å². The summed E-state index contributed by atoms with van der Waals surface area (Å²) in [7, 11) is 0. The van der Waals surface area contributed by atoms with Gasteiger partial charge >= 0.3 is 5.97 Å². The lowest BCUT2D eigenvalue weighted by molar-refractivity contribution is -0.154. The number of hydrogen-bond donors (Lipinski definition) is 0. The fourth-order valence-corrected chi connectivity index (χ4v) is 1.46. The van der Waals surface area contributed by atoms with Gasteiger partial charge in [-0.3, -0.25) is 0 Å². The number of hydrogen-bond acceptors (Lipinski definition) is 6. The Morgan fingerprint density at radius 3 is 3.06 bits per heavy atom. The molecule has 0 aliphatic carbocycles. The predicted octanol–water partition coefficient (Wildman–Crippen LogP) is 1.19. The van der Waals surface area contributed by atoms with Gasteiger partial charge in [0.25, 0.3) is 0 Å². The molecule has 0 fully saturated rings. The van der Waals surface area contributed by atoms with Gasteiger partial charge in [0, 0.05) is 6.42 Å². The highest BCUT2D eigenvalue weighted by Crippen LogP contribution is 2.16. The molecule has 0 amide bonds. The number of esters is 1. The number of halogens is 1. The Morgan fingerprint density at radius 2 is 2.41 bits per heavy atom. The highest BCUT2D eigenvalue weighted by atomic mass is 35.5. The minimum atomic E-state index is -0.692. The van der Waals surface area contributed by atoms with E-state index in [1.807, 2.05) is 0 Å². The summed E-state index contributed by atoms with van der Waals surface area (Å²) >= 11 is 5.62. The van der Waals surface area contributed by atoms with Gasteiger partial charge < -0.3 is 9.57 Å². The van der Waals surface area contributed by atoms with Crippen LogP contribution < -0.4 is 0 Å². The zero-order valence-electron chi connectivity index (χ0n) is 9.09. The van der Waals surface area contributed by atoms with E-state index in [2.05, 4.69) is 15.4 Å². The minimum absolute atomic E-state index is 0.301. The van der Waals surface area contributed by atoms with Crippen LogP contribution in [0.5, 0.6) is 0 Å². The number of carbonyl (C=O) groups excluding carboxylic acids is 1. The number of carbonyl (C=O) groups is 1. The van der Waals surface area contributed by atoms with Crippen LogP contribution in [0.2, 0.25) is 5.15 Å². The molecule has 2 rings (SSSR count). The molecule has 1 aliphatic heterocycles. The van der Waals surface area contributed by atoms with E-state index < -0.39 is 12.1 Å². The molecule has 6 nitrogen and oxygen atoms in total. The molecule has 0 bridgehead atoms. The average Bonchev–Trinajstić information content (AvgIpc) is 2.80. The van der Waals surface area contributed by atoms with E-state index >= 15 is 0 Å². The van der Waals surface area contributed by atoms with E-state index in [-0.39, 0.29) is 0 Å². The van der Waals surface area contributed by atoms with Crippen molar-refractivity contribution in [3.8, 4) is 0 Å². The molecule has 7 heteroatoms. The van der Waals surface area contributed by atoms with E-state index in [0.29, 0.717) is 29.6 Å². The van der Waals surface area contributed by atoms with Crippen LogP contribution in [0.1, 0.15) is 19.0 Å². The number of nitrogens with zero attached hydrogens (tertiary/aromatic N) is 3. The molecule has 0 aromatic carbocycles. The summed E-state index contributed by atoms with van der Waals surface area (Å²) in [5.41, 5.74) is 1.11. The number of oxime groups is 1. The van der Waals surface area contributed by atoms with Crippen molar-refractivity contribution in [1.82, 2.24) is 10.2 Å². The Balaban J connectivity index is 2.02. The zero-order valence-corrected chi connectivity index (χ0v) is 9.85. The molecule has 0 saturated heterocycles. The Kier molecular flexibility index (Phi) is 3.53. The maximum atomic E-state index is 11.4. The van der Waals surface area contributed by atoms with Gasteiger partial charge in [-0.1, -0.05) is 16.8 Å². The Bertz CT molecular complexity index is 447. The molecule has 0 radical (unpaired) electrons. The van der Waals surface area contributed by atoms with Crippen molar-refractivity contribution >= 4 is 23.3 Å².